The maximum atomic E-state index is 4.07. The van der Waals surface area contributed by atoms with Gasteiger partial charge in [0, 0.05) is 12.6 Å². The molecule has 1 heterocycles. The highest BCUT2D eigenvalue weighted by Crippen LogP contribution is 2.04. The molecule has 0 aliphatic carbocycles. The molecule has 0 saturated carbocycles. The standard InChI is InChI=1S/C10H9N2/c1-2-4-9(5-3-1)8-10-6-7-11-12-10/h1-4,6-7H,8H2,(H,11,12). The summed E-state index contributed by atoms with van der Waals surface area (Å²) in [4.78, 5) is 0. The molecule has 2 aromatic rings. The Bertz CT molecular complexity index is 324. The van der Waals surface area contributed by atoms with Crippen LogP contribution in [0.1, 0.15) is 11.3 Å². The Hall–Kier alpha value is -1.57. The molecule has 0 unspecified atom stereocenters. The highest BCUT2D eigenvalue weighted by molar-refractivity contribution is 5.19. The second kappa shape index (κ2) is 3.22. The summed E-state index contributed by atoms with van der Waals surface area (Å²) in [6, 6.07) is 13.1. The van der Waals surface area contributed by atoms with Crippen LogP contribution in [0.15, 0.2) is 36.5 Å². The van der Waals surface area contributed by atoms with Gasteiger partial charge in [-0.25, -0.2) is 0 Å². The first-order valence-corrected chi connectivity index (χ1v) is 3.89. The van der Waals surface area contributed by atoms with Gasteiger partial charge in [0.15, 0.2) is 0 Å². The van der Waals surface area contributed by atoms with Crippen LogP contribution >= 0.6 is 0 Å². The number of hydrogen-bond donors (Lipinski definition) is 1. The zero-order valence-corrected chi connectivity index (χ0v) is 6.62. The van der Waals surface area contributed by atoms with E-state index >= 15 is 0 Å². The molecule has 0 atom stereocenters. The summed E-state index contributed by atoms with van der Waals surface area (Å²) < 4.78 is 0. The van der Waals surface area contributed by atoms with Crippen LogP contribution in [0.5, 0.6) is 0 Å². The van der Waals surface area contributed by atoms with Crippen LogP contribution in [0, 0.1) is 6.07 Å². The monoisotopic (exact) mass is 157 g/mol. The van der Waals surface area contributed by atoms with E-state index < -0.39 is 0 Å². The molecule has 0 aliphatic rings. The average Bonchev–Trinajstić information content (AvgIpc) is 2.59. The first kappa shape index (κ1) is 7.10. The first-order valence-electron chi connectivity index (χ1n) is 3.89. The minimum absolute atomic E-state index is 0.852. The van der Waals surface area contributed by atoms with E-state index in [1.807, 2.05) is 30.5 Å². The maximum Gasteiger partial charge on any atom is 0.0666 e. The SMILES string of the molecule is [c]1ccccc1Cc1cc[nH]n1. The van der Waals surface area contributed by atoms with Crippen LogP contribution < -0.4 is 0 Å². The molecule has 1 aromatic heterocycles. The van der Waals surface area contributed by atoms with Crippen molar-refractivity contribution in [3.63, 3.8) is 0 Å². The highest BCUT2D eigenvalue weighted by Gasteiger charge is 1.95. The Morgan fingerprint density at radius 1 is 1.33 bits per heavy atom. The van der Waals surface area contributed by atoms with Crippen LogP contribution in [0.2, 0.25) is 0 Å². The third-order valence-corrected chi connectivity index (χ3v) is 1.70. The van der Waals surface area contributed by atoms with Gasteiger partial charge in [0.25, 0.3) is 0 Å². The molecule has 59 valence electrons. The quantitative estimate of drug-likeness (QED) is 0.707. The van der Waals surface area contributed by atoms with Crippen molar-refractivity contribution in [2.45, 2.75) is 6.42 Å². The number of aromatic amines is 1. The zero-order chi connectivity index (χ0) is 8.23. The van der Waals surface area contributed by atoms with Crippen molar-refractivity contribution >= 4 is 0 Å². The molecule has 0 bridgehead atoms. The summed E-state index contributed by atoms with van der Waals surface area (Å²) in [5.41, 5.74) is 2.22. The van der Waals surface area contributed by atoms with Gasteiger partial charge in [-0.2, -0.15) is 5.10 Å². The first-order chi connectivity index (χ1) is 5.95. The molecule has 0 aliphatic heterocycles. The topological polar surface area (TPSA) is 28.7 Å². The van der Waals surface area contributed by atoms with Gasteiger partial charge < -0.3 is 0 Å². The van der Waals surface area contributed by atoms with Crippen molar-refractivity contribution in [1.29, 1.82) is 0 Å². The fourth-order valence-electron chi connectivity index (χ4n) is 1.12. The van der Waals surface area contributed by atoms with Gasteiger partial charge in [0.05, 0.1) is 5.69 Å². The molecular weight excluding hydrogens is 148 g/mol. The largest absolute Gasteiger partial charge is 0.285 e. The third kappa shape index (κ3) is 1.53. The van der Waals surface area contributed by atoms with E-state index in [2.05, 4.69) is 22.3 Å². The van der Waals surface area contributed by atoms with Crippen LogP contribution in [0.4, 0.5) is 0 Å². The Kier molecular flexibility index (Phi) is 1.90. The van der Waals surface area contributed by atoms with E-state index in [9.17, 15) is 0 Å². The van der Waals surface area contributed by atoms with Crippen LogP contribution in [-0.4, -0.2) is 10.2 Å². The van der Waals surface area contributed by atoms with Crippen molar-refractivity contribution in [2.75, 3.05) is 0 Å². The van der Waals surface area contributed by atoms with Gasteiger partial charge in [-0.15, -0.1) is 0 Å². The number of nitrogens with zero attached hydrogens (tertiary/aromatic N) is 1. The summed E-state index contributed by atoms with van der Waals surface area (Å²) in [6.45, 7) is 0. The van der Waals surface area contributed by atoms with E-state index in [4.69, 9.17) is 0 Å². The Morgan fingerprint density at radius 3 is 3.00 bits per heavy atom. The summed E-state index contributed by atoms with van der Waals surface area (Å²) in [5, 5.41) is 6.85. The van der Waals surface area contributed by atoms with Gasteiger partial charge >= 0.3 is 0 Å². The van der Waals surface area contributed by atoms with Crippen molar-refractivity contribution in [2.24, 2.45) is 0 Å². The summed E-state index contributed by atoms with van der Waals surface area (Å²) in [5.74, 6) is 0. The second-order valence-corrected chi connectivity index (χ2v) is 2.63. The molecule has 0 spiro atoms. The van der Waals surface area contributed by atoms with Crippen LogP contribution in [-0.2, 0) is 6.42 Å². The minimum Gasteiger partial charge on any atom is -0.285 e. The lowest BCUT2D eigenvalue weighted by molar-refractivity contribution is 0.995. The van der Waals surface area contributed by atoms with Gasteiger partial charge in [-0.1, -0.05) is 24.3 Å². The predicted octanol–water partition coefficient (Wildman–Crippen LogP) is 1.80. The van der Waals surface area contributed by atoms with Gasteiger partial charge in [-0.05, 0) is 17.7 Å². The molecule has 0 saturated heterocycles. The number of H-pyrrole nitrogens is 1. The highest BCUT2D eigenvalue weighted by atomic mass is 15.1. The molecular formula is C10H9N2. The van der Waals surface area contributed by atoms with Crippen molar-refractivity contribution < 1.29 is 0 Å². The van der Waals surface area contributed by atoms with Crippen molar-refractivity contribution in [1.82, 2.24) is 10.2 Å². The smallest absolute Gasteiger partial charge is 0.0666 e. The van der Waals surface area contributed by atoms with Gasteiger partial charge in [0.2, 0.25) is 0 Å². The molecule has 2 rings (SSSR count). The summed E-state index contributed by atoms with van der Waals surface area (Å²) >= 11 is 0. The molecule has 1 aromatic carbocycles. The van der Waals surface area contributed by atoms with Crippen molar-refractivity contribution in [3.8, 4) is 0 Å². The number of benzene rings is 1. The fraction of sp³-hybridized carbons (Fsp3) is 0.100. The van der Waals surface area contributed by atoms with E-state index in [-0.39, 0.29) is 0 Å². The number of hydrogen-bond acceptors (Lipinski definition) is 1. The molecule has 1 N–H and O–H groups in total. The lowest BCUT2D eigenvalue weighted by Gasteiger charge is -1.94. The zero-order valence-electron chi connectivity index (χ0n) is 6.62. The van der Waals surface area contributed by atoms with E-state index in [0.717, 1.165) is 12.1 Å². The van der Waals surface area contributed by atoms with Crippen molar-refractivity contribution in [3.05, 3.63) is 53.9 Å². The molecule has 0 fully saturated rings. The van der Waals surface area contributed by atoms with E-state index in [0.29, 0.717) is 0 Å². The van der Waals surface area contributed by atoms with Crippen LogP contribution in [0.25, 0.3) is 0 Å². The molecule has 1 radical (unpaired) electrons. The van der Waals surface area contributed by atoms with E-state index in [1.165, 1.54) is 5.56 Å². The Morgan fingerprint density at radius 2 is 2.33 bits per heavy atom. The molecule has 0 amide bonds. The number of nitrogens with one attached hydrogen (secondary N) is 1. The Balaban J connectivity index is 2.15. The fourth-order valence-corrected chi connectivity index (χ4v) is 1.12. The Labute approximate surface area is 71.3 Å². The third-order valence-electron chi connectivity index (χ3n) is 1.70. The predicted molar refractivity (Wildman–Crippen MR) is 46.7 cm³/mol. The summed E-state index contributed by atoms with van der Waals surface area (Å²) in [7, 11) is 0. The number of aromatic nitrogens is 2. The average molecular weight is 157 g/mol. The number of rotatable bonds is 2. The lowest BCUT2D eigenvalue weighted by atomic mass is 10.1. The van der Waals surface area contributed by atoms with Gasteiger partial charge in [-0.3, -0.25) is 5.10 Å². The van der Waals surface area contributed by atoms with Gasteiger partial charge in [0.1, 0.15) is 0 Å². The van der Waals surface area contributed by atoms with Crippen LogP contribution in [0.3, 0.4) is 0 Å². The normalized spacial score (nSPS) is 10.0. The molecule has 2 heteroatoms. The maximum absolute atomic E-state index is 4.07. The lowest BCUT2D eigenvalue weighted by Crippen LogP contribution is -1.87. The molecule has 2 nitrogen and oxygen atoms in total. The summed E-state index contributed by atoms with van der Waals surface area (Å²) in [6.07, 6.45) is 2.68. The molecule has 12 heavy (non-hydrogen) atoms. The van der Waals surface area contributed by atoms with E-state index in [1.54, 1.807) is 0 Å². The second-order valence-electron chi connectivity index (χ2n) is 2.63. The minimum atomic E-state index is 0.852.